The average Bonchev–Trinajstić information content (AvgIpc) is 2.31. The predicted octanol–water partition coefficient (Wildman–Crippen LogP) is 2.19. The van der Waals surface area contributed by atoms with Gasteiger partial charge in [-0.3, -0.25) is 0 Å². The fourth-order valence-electron chi connectivity index (χ4n) is 1.60. The van der Waals surface area contributed by atoms with Crippen molar-refractivity contribution in [2.24, 2.45) is 11.1 Å². The molecule has 0 aliphatic rings. The van der Waals surface area contributed by atoms with E-state index in [1.54, 1.807) is 0 Å². The quantitative estimate of drug-likeness (QED) is 0.883. The summed E-state index contributed by atoms with van der Waals surface area (Å²) in [7, 11) is -2.44. The molecule has 1 rings (SSSR count). The van der Waals surface area contributed by atoms with Crippen molar-refractivity contribution < 1.29 is 12.8 Å². The van der Waals surface area contributed by atoms with Crippen molar-refractivity contribution in [2.45, 2.75) is 18.7 Å². The largest absolute Gasteiger partial charge is 0.330 e. The highest BCUT2D eigenvalue weighted by Crippen LogP contribution is 2.25. The zero-order valence-electron chi connectivity index (χ0n) is 11.2. The van der Waals surface area contributed by atoms with E-state index < -0.39 is 15.8 Å². The Morgan fingerprint density at radius 2 is 2.00 bits per heavy atom. The fourth-order valence-corrected chi connectivity index (χ4v) is 3.55. The Labute approximate surface area is 122 Å². The van der Waals surface area contributed by atoms with Crippen LogP contribution in [-0.4, -0.2) is 32.9 Å². The van der Waals surface area contributed by atoms with Gasteiger partial charge in [0.2, 0.25) is 10.0 Å². The Balaban J connectivity index is 3.14. The van der Waals surface area contributed by atoms with E-state index in [1.165, 1.54) is 19.2 Å². The lowest BCUT2D eigenvalue weighted by Gasteiger charge is -2.28. The van der Waals surface area contributed by atoms with Crippen molar-refractivity contribution >= 4 is 26.0 Å². The maximum Gasteiger partial charge on any atom is 0.245 e. The molecule has 2 N–H and O–H groups in total. The Morgan fingerprint density at radius 3 is 2.53 bits per heavy atom. The fraction of sp³-hybridized carbons (Fsp3) is 0.500. The monoisotopic (exact) mass is 352 g/mol. The molecule has 0 aliphatic carbocycles. The van der Waals surface area contributed by atoms with Crippen LogP contribution in [0.3, 0.4) is 0 Å². The van der Waals surface area contributed by atoms with Gasteiger partial charge in [0.1, 0.15) is 10.7 Å². The maximum atomic E-state index is 13.7. The van der Waals surface area contributed by atoms with Crippen LogP contribution in [0, 0.1) is 11.2 Å². The van der Waals surface area contributed by atoms with Crippen LogP contribution in [0.25, 0.3) is 0 Å². The predicted molar refractivity (Wildman–Crippen MR) is 76.8 cm³/mol. The summed E-state index contributed by atoms with van der Waals surface area (Å²) in [5.41, 5.74) is 5.22. The van der Waals surface area contributed by atoms with E-state index in [0.29, 0.717) is 11.0 Å². The Bertz CT molecular complexity index is 561. The normalized spacial score (nSPS) is 13.0. The number of rotatable bonds is 5. The van der Waals surface area contributed by atoms with Gasteiger partial charge < -0.3 is 5.73 Å². The molecule has 4 nitrogen and oxygen atoms in total. The number of halogens is 2. The number of hydrogen-bond donors (Lipinski definition) is 1. The van der Waals surface area contributed by atoms with Gasteiger partial charge in [0.05, 0.1) is 0 Å². The van der Waals surface area contributed by atoms with Gasteiger partial charge in [0.25, 0.3) is 0 Å². The minimum atomic E-state index is -3.86. The van der Waals surface area contributed by atoms with E-state index in [9.17, 15) is 12.8 Å². The van der Waals surface area contributed by atoms with Gasteiger partial charge in [-0.25, -0.2) is 17.1 Å². The number of nitrogens with two attached hydrogens (primary N) is 1. The molecule has 0 aromatic heterocycles. The molecule has 1 aromatic carbocycles. The molecule has 108 valence electrons. The molecule has 19 heavy (non-hydrogen) atoms. The molecule has 0 atom stereocenters. The molecular weight excluding hydrogens is 335 g/mol. The van der Waals surface area contributed by atoms with E-state index in [-0.39, 0.29) is 16.9 Å². The number of hydrogen-bond acceptors (Lipinski definition) is 3. The maximum absolute atomic E-state index is 13.7. The van der Waals surface area contributed by atoms with Crippen LogP contribution < -0.4 is 5.73 Å². The summed E-state index contributed by atoms with van der Waals surface area (Å²) in [6.07, 6.45) is 0. The van der Waals surface area contributed by atoms with Crippen molar-refractivity contribution in [3.05, 3.63) is 28.5 Å². The molecule has 0 saturated heterocycles. The summed E-state index contributed by atoms with van der Waals surface area (Å²) in [6, 6.07) is 3.84. The second-order valence-corrected chi connectivity index (χ2v) is 8.13. The van der Waals surface area contributed by atoms with Crippen molar-refractivity contribution in [3.63, 3.8) is 0 Å². The molecule has 0 bridgehead atoms. The Hall–Kier alpha value is -0.500. The molecule has 0 fully saturated rings. The van der Waals surface area contributed by atoms with Gasteiger partial charge in [-0.15, -0.1) is 0 Å². The van der Waals surface area contributed by atoms with Crippen molar-refractivity contribution in [3.8, 4) is 0 Å². The Morgan fingerprint density at radius 1 is 1.42 bits per heavy atom. The number of benzene rings is 1. The van der Waals surface area contributed by atoms with Crippen molar-refractivity contribution in [1.82, 2.24) is 4.31 Å². The van der Waals surface area contributed by atoms with Crippen LogP contribution in [0.4, 0.5) is 4.39 Å². The van der Waals surface area contributed by atoms with Crippen LogP contribution >= 0.6 is 15.9 Å². The molecule has 0 unspecified atom stereocenters. The van der Waals surface area contributed by atoms with Gasteiger partial charge in [-0.1, -0.05) is 29.8 Å². The topological polar surface area (TPSA) is 63.4 Å². The highest BCUT2D eigenvalue weighted by molar-refractivity contribution is 9.10. The third-order valence-corrected chi connectivity index (χ3v) is 5.10. The van der Waals surface area contributed by atoms with Crippen LogP contribution in [0.2, 0.25) is 0 Å². The van der Waals surface area contributed by atoms with E-state index in [1.807, 2.05) is 13.8 Å². The minimum absolute atomic E-state index is 0.220. The lowest BCUT2D eigenvalue weighted by molar-refractivity contribution is 0.291. The lowest BCUT2D eigenvalue weighted by atomic mass is 9.94. The molecular formula is C12H18BrFN2O2S. The van der Waals surface area contributed by atoms with Gasteiger partial charge in [0.15, 0.2) is 0 Å². The zero-order chi connectivity index (χ0) is 14.8. The minimum Gasteiger partial charge on any atom is -0.330 e. The summed E-state index contributed by atoms with van der Waals surface area (Å²) in [5.74, 6) is -0.763. The highest BCUT2D eigenvalue weighted by Gasteiger charge is 2.29. The molecule has 0 amide bonds. The molecule has 0 heterocycles. The summed E-state index contributed by atoms with van der Waals surface area (Å²) in [5, 5.41) is 0. The second kappa shape index (κ2) is 5.87. The van der Waals surface area contributed by atoms with Gasteiger partial charge in [-0.05, 0) is 30.2 Å². The lowest BCUT2D eigenvalue weighted by Crippen LogP contribution is -2.40. The third kappa shape index (κ3) is 3.98. The van der Waals surface area contributed by atoms with E-state index >= 15 is 0 Å². The van der Waals surface area contributed by atoms with Gasteiger partial charge in [-0.2, -0.15) is 0 Å². The molecule has 0 radical (unpaired) electrons. The smallest absolute Gasteiger partial charge is 0.245 e. The first-order valence-corrected chi connectivity index (χ1v) is 7.95. The summed E-state index contributed by atoms with van der Waals surface area (Å²) < 4.78 is 40.0. The van der Waals surface area contributed by atoms with Crippen molar-refractivity contribution in [1.29, 1.82) is 0 Å². The van der Waals surface area contributed by atoms with E-state index in [4.69, 9.17) is 5.73 Å². The van der Waals surface area contributed by atoms with E-state index in [2.05, 4.69) is 15.9 Å². The standard InChI is InChI=1S/C12H18BrFN2O2S/c1-12(2,7-15)8-16(3)19(17,18)11-6-9(13)4-5-10(11)14/h4-6H,7-8,15H2,1-3H3. The van der Waals surface area contributed by atoms with Crippen LogP contribution in [0.1, 0.15) is 13.8 Å². The summed E-state index contributed by atoms with van der Waals surface area (Å²) in [4.78, 5) is -0.336. The second-order valence-electron chi connectivity index (χ2n) is 5.20. The summed E-state index contributed by atoms with van der Waals surface area (Å²) >= 11 is 3.14. The molecule has 0 spiro atoms. The van der Waals surface area contributed by atoms with Gasteiger partial charge in [0, 0.05) is 18.1 Å². The van der Waals surface area contributed by atoms with Gasteiger partial charge >= 0.3 is 0 Å². The molecule has 0 aliphatic heterocycles. The Kier molecular flexibility index (Phi) is 5.11. The zero-order valence-corrected chi connectivity index (χ0v) is 13.6. The first-order valence-electron chi connectivity index (χ1n) is 5.71. The molecule has 1 aromatic rings. The third-order valence-electron chi connectivity index (χ3n) is 2.78. The van der Waals surface area contributed by atoms with Crippen LogP contribution in [0.15, 0.2) is 27.6 Å². The molecule has 7 heteroatoms. The van der Waals surface area contributed by atoms with Crippen LogP contribution in [0.5, 0.6) is 0 Å². The highest BCUT2D eigenvalue weighted by atomic mass is 79.9. The number of sulfonamides is 1. The number of nitrogens with zero attached hydrogens (tertiary/aromatic N) is 1. The van der Waals surface area contributed by atoms with E-state index in [0.717, 1.165) is 10.4 Å². The van der Waals surface area contributed by atoms with Crippen LogP contribution in [-0.2, 0) is 10.0 Å². The van der Waals surface area contributed by atoms with Crippen molar-refractivity contribution in [2.75, 3.05) is 20.1 Å². The first-order chi connectivity index (χ1) is 8.60. The first kappa shape index (κ1) is 16.6. The molecule has 0 saturated carbocycles. The summed E-state index contributed by atoms with van der Waals surface area (Å²) in [6.45, 7) is 4.28. The average molecular weight is 353 g/mol. The SMILES string of the molecule is CN(CC(C)(C)CN)S(=O)(=O)c1cc(Br)ccc1F.